The summed E-state index contributed by atoms with van der Waals surface area (Å²) in [4.78, 5) is -0.146. The molecule has 0 aliphatic rings. The Kier molecular flexibility index (Phi) is 14.0. The molecular formula is C25H37NaO4S. The number of aryl methyl sites for hydroxylation is 1. The quantitative estimate of drug-likeness (QED) is 0.231. The summed E-state index contributed by atoms with van der Waals surface area (Å²) in [5.41, 5.74) is 0.910. The average Bonchev–Trinajstić information content (AvgIpc) is 2.73. The third-order valence-corrected chi connectivity index (χ3v) is 6.72. The molecule has 0 atom stereocenters. The molecule has 0 saturated heterocycles. The van der Waals surface area contributed by atoms with Crippen LogP contribution in [0.5, 0.6) is 5.75 Å². The maximum Gasteiger partial charge on any atom is 1.00 e. The number of benzene rings is 2. The first-order chi connectivity index (χ1) is 14.5. The Balaban J connectivity index is 0.00000480. The first-order valence-electron chi connectivity index (χ1n) is 11.5. The van der Waals surface area contributed by atoms with Gasteiger partial charge in [0.05, 0.1) is 12.0 Å². The second kappa shape index (κ2) is 15.3. The van der Waals surface area contributed by atoms with Crippen LogP contribution in [0, 0.1) is 0 Å². The molecule has 0 aliphatic heterocycles. The molecule has 0 aromatic heterocycles. The van der Waals surface area contributed by atoms with Crippen LogP contribution < -0.4 is 34.3 Å². The van der Waals surface area contributed by atoms with E-state index in [-0.39, 0.29) is 34.5 Å². The fraction of sp³-hybridized carbons (Fsp3) is 0.600. The number of fused-ring (bicyclic) bond motifs is 1. The second-order valence-electron chi connectivity index (χ2n) is 8.20. The molecule has 0 amide bonds. The van der Waals surface area contributed by atoms with E-state index in [1.165, 1.54) is 70.3 Å². The number of methoxy groups -OCH3 is 1. The Morgan fingerprint density at radius 3 is 1.87 bits per heavy atom. The van der Waals surface area contributed by atoms with E-state index in [0.717, 1.165) is 24.8 Å². The van der Waals surface area contributed by atoms with Crippen molar-refractivity contribution >= 4 is 20.9 Å². The van der Waals surface area contributed by atoms with Crippen molar-refractivity contribution in [3.63, 3.8) is 0 Å². The summed E-state index contributed by atoms with van der Waals surface area (Å²) < 4.78 is 40.7. The molecule has 0 saturated carbocycles. The molecule has 0 aliphatic carbocycles. The van der Waals surface area contributed by atoms with Gasteiger partial charge in [0.15, 0.2) is 0 Å². The zero-order chi connectivity index (χ0) is 21.8. The van der Waals surface area contributed by atoms with E-state index in [4.69, 9.17) is 4.74 Å². The molecule has 168 valence electrons. The van der Waals surface area contributed by atoms with Crippen LogP contribution in [-0.2, 0) is 16.5 Å². The van der Waals surface area contributed by atoms with Crippen LogP contribution in [0.25, 0.3) is 10.8 Å². The maximum atomic E-state index is 11.8. The van der Waals surface area contributed by atoms with Crippen molar-refractivity contribution < 1.29 is 47.3 Å². The maximum absolute atomic E-state index is 11.8. The van der Waals surface area contributed by atoms with Crippen LogP contribution in [0.3, 0.4) is 0 Å². The molecule has 31 heavy (non-hydrogen) atoms. The first-order valence-corrected chi connectivity index (χ1v) is 12.9. The number of rotatable bonds is 15. The standard InChI is InChI=1S/C25H38O4S.Na/c1-3-4-5-6-7-8-9-10-11-12-13-14-16-21-17-15-18-22-23(29-2)19-20-24(25(21)22)30(26,27)28;/h15,17-20H,3-14,16H2,1-2H3,(H,26,27,28);/q;+1/p-1. The number of unbranched alkanes of at least 4 members (excludes halogenated alkanes) is 11. The summed E-state index contributed by atoms with van der Waals surface area (Å²) in [5.74, 6) is 0.592. The average molecular weight is 457 g/mol. The molecular weight excluding hydrogens is 419 g/mol. The zero-order valence-corrected chi connectivity index (χ0v) is 22.4. The molecule has 2 aromatic carbocycles. The van der Waals surface area contributed by atoms with Gasteiger partial charge in [0, 0.05) is 10.8 Å². The molecule has 0 spiro atoms. The summed E-state index contributed by atoms with van der Waals surface area (Å²) in [6, 6.07) is 8.57. The van der Waals surface area contributed by atoms with Crippen molar-refractivity contribution in [1.29, 1.82) is 0 Å². The number of ether oxygens (including phenoxy) is 1. The molecule has 0 N–H and O–H groups in total. The minimum absolute atomic E-state index is 0. The van der Waals surface area contributed by atoms with Gasteiger partial charge >= 0.3 is 29.6 Å². The third-order valence-electron chi connectivity index (χ3n) is 5.84. The van der Waals surface area contributed by atoms with Crippen LogP contribution in [0.2, 0.25) is 0 Å². The fourth-order valence-corrected chi connectivity index (χ4v) is 4.90. The van der Waals surface area contributed by atoms with Gasteiger partial charge in [0.25, 0.3) is 0 Å². The third kappa shape index (κ3) is 9.43. The molecule has 2 aromatic rings. The normalized spacial score (nSPS) is 11.5. The summed E-state index contributed by atoms with van der Waals surface area (Å²) in [6.45, 7) is 2.25. The molecule has 6 heteroatoms. The van der Waals surface area contributed by atoms with Gasteiger partial charge in [-0.05, 0) is 30.5 Å². The van der Waals surface area contributed by atoms with Crippen molar-refractivity contribution in [3.8, 4) is 5.75 Å². The Morgan fingerprint density at radius 1 is 0.806 bits per heavy atom. The molecule has 4 nitrogen and oxygen atoms in total. The molecule has 2 rings (SSSR count). The van der Waals surface area contributed by atoms with E-state index in [9.17, 15) is 13.0 Å². The van der Waals surface area contributed by atoms with Crippen molar-refractivity contribution in [1.82, 2.24) is 0 Å². The minimum atomic E-state index is -4.54. The van der Waals surface area contributed by atoms with E-state index in [1.807, 2.05) is 18.2 Å². The predicted molar refractivity (Wildman–Crippen MR) is 123 cm³/mol. The van der Waals surface area contributed by atoms with E-state index in [1.54, 1.807) is 13.2 Å². The van der Waals surface area contributed by atoms with Gasteiger partial charge in [-0.15, -0.1) is 0 Å². The Bertz CT molecular complexity index is 880. The van der Waals surface area contributed by atoms with Gasteiger partial charge in [0.1, 0.15) is 15.9 Å². The van der Waals surface area contributed by atoms with E-state index in [2.05, 4.69) is 6.92 Å². The summed E-state index contributed by atoms with van der Waals surface area (Å²) >= 11 is 0. The van der Waals surface area contributed by atoms with Gasteiger partial charge in [-0.3, -0.25) is 0 Å². The molecule has 0 radical (unpaired) electrons. The molecule has 0 bridgehead atoms. The summed E-state index contributed by atoms with van der Waals surface area (Å²) in [5, 5.41) is 1.21. The van der Waals surface area contributed by atoms with Gasteiger partial charge in [-0.2, -0.15) is 0 Å². The molecule has 0 unspecified atom stereocenters. The molecule has 0 heterocycles. The van der Waals surface area contributed by atoms with Crippen LogP contribution in [0.1, 0.15) is 89.5 Å². The Morgan fingerprint density at radius 2 is 1.35 bits per heavy atom. The molecule has 0 fully saturated rings. The SMILES string of the molecule is CCCCCCCCCCCCCCc1cccc2c(OC)ccc(S(=O)(=O)[O-])c12.[Na+]. The summed E-state index contributed by atoms with van der Waals surface area (Å²) in [7, 11) is -2.98. The topological polar surface area (TPSA) is 66.4 Å². The predicted octanol–water partition coefficient (Wildman–Crippen LogP) is 4.00. The van der Waals surface area contributed by atoms with E-state index in [0.29, 0.717) is 16.5 Å². The van der Waals surface area contributed by atoms with Crippen molar-refractivity contribution in [2.45, 2.75) is 95.3 Å². The van der Waals surface area contributed by atoms with Crippen LogP contribution >= 0.6 is 0 Å². The van der Waals surface area contributed by atoms with Crippen molar-refractivity contribution in [2.75, 3.05) is 7.11 Å². The fourth-order valence-electron chi connectivity index (χ4n) is 4.17. The largest absolute Gasteiger partial charge is 1.00 e. The van der Waals surface area contributed by atoms with Crippen LogP contribution in [0.4, 0.5) is 0 Å². The van der Waals surface area contributed by atoms with Gasteiger partial charge in [-0.25, -0.2) is 8.42 Å². The number of hydrogen-bond donors (Lipinski definition) is 0. The smallest absolute Gasteiger partial charge is 0.744 e. The van der Waals surface area contributed by atoms with Crippen LogP contribution in [-0.4, -0.2) is 20.1 Å². The minimum Gasteiger partial charge on any atom is -0.744 e. The number of hydrogen-bond acceptors (Lipinski definition) is 4. The second-order valence-corrected chi connectivity index (χ2v) is 9.55. The van der Waals surface area contributed by atoms with Gasteiger partial charge in [-0.1, -0.05) is 95.8 Å². The van der Waals surface area contributed by atoms with Crippen LogP contribution in [0.15, 0.2) is 35.2 Å². The van der Waals surface area contributed by atoms with E-state index >= 15 is 0 Å². The van der Waals surface area contributed by atoms with Gasteiger partial charge in [0.2, 0.25) is 0 Å². The Hall–Kier alpha value is -0.590. The zero-order valence-electron chi connectivity index (χ0n) is 19.6. The first kappa shape index (κ1) is 28.4. The summed E-state index contributed by atoms with van der Waals surface area (Å²) in [6.07, 6.45) is 16.1. The van der Waals surface area contributed by atoms with Crippen molar-refractivity contribution in [2.24, 2.45) is 0 Å². The van der Waals surface area contributed by atoms with E-state index < -0.39 is 10.1 Å². The van der Waals surface area contributed by atoms with Crippen molar-refractivity contribution in [3.05, 3.63) is 35.9 Å². The monoisotopic (exact) mass is 456 g/mol. The Labute approximate surface area is 211 Å². The van der Waals surface area contributed by atoms with Gasteiger partial charge < -0.3 is 9.29 Å².